The van der Waals surface area contributed by atoms with Crippen LogP contribution in [-0.4, -0.2) is 59.5 Å². The Labute approximate surface area is 245 Å². The van der Waals surface area contributed by atoms with Gasteiger partial charge in [0.15, 0.2) is 0 Å². The fraction of sp³-hybridized carbons (Fsp3) is 0.433. The zero-order valence-corrected chi connectivity index (χ0v) is 25.3. The SMILES string of the molecule is CC(C)(C)OC(=O)NCc1cccc(-c2ccc3nc(N4CCN(C(=O)OC(C)(C)C)CC4)c(Cl)cc3c2)c1Cl. The Kier molecular flexibility index (Phi) is 8.71. The molecule has 1 N–H and O–H groups in total. The van der Waals surface area contributed by atoms with Gasteiger partial charge in [0.1, 0.15) is 17.0 Å². The van der Waals surface area contributed by atoms with E-state index in [9.17, 15) is 9.59 Å². The maximum absolute atomic E-state index is 12.4. The third-order valence-electron chi connectivity index (χ3n) is 6.19. The summed E-state index contributed by atoms with van der Waals surface area (Å²) in [6.07, 6.45) is -0.803. The second kappa shape index (κ2) is 11.7. The summed E-state index contributed by atoms with van der Waals surface area (Å²) in [7, 11) is 0. The predicted octanol–water partition coefficient (Wildman–Crippen LogP) is 7.29. The second-order valence-electron chi connectivity index (χ2n) is 11.8. The summed E-state index contributed by atoms with van der Waals surface area (Å²) in [5.74, 6) is 0.694. The van der Waals surface area contributed by atoms with Crippen molar-refractivity contribution in [3.8, 4) is 11.1 Å². The number of hydrogen-bond acceptors (Lipinski definition) is 6. The van der Waals surface area contributed by atoms with E-state index in [-0.39, 0.29) is 12.6 Å². The van der Waals surface area contributed by atoms with E-state index in [1.807, 2.05) is 84.0 Å². The van der Waals surface area contributed by atoms with Crippen molar-refractivity contribution in [3.05, 3.63) is 58.1 Å². The molecule has 1 aromatic heterocycles. The number of ether oxygens (including phenoxy) is 2. The van der Waals surface area contributed by atoms with Crippen LogP contribution in [0.2, 0.25) is 10.0 Å². The van der Waals surface area contributed by atoms with Crippen LogP contribution in [0.3, 0.4) is 0 Å². The minimum Gasteiger partial charge on any atom is -0.444 e. The largest absolute Gasteiger partial charge is 0.444 e. The summed E-state index contributed by atoms with van der Waals surface area (Å²) in [4.78, 5) is 33.2. The molecule has 1 fully saturated rings. The third kappa shape index (κ3) is 7.49. The topological polar surface area (TPSA) is 84.0 Å². The highest BCUT2D eigenvalue weighted by atomic mass is 35.5. The van der Waals surface area contributed by atoms with Gasteiger partial charge >= 0.3 is 12.2 Å². The molecule has 0 aliphatic carbocycles. The summed E-state index contributed by atoms with van der Waals surface area (Å²) in [5.41, 5.74) is 2.22. The Balaban J connectivity index is 1.49. The van der Waals surface area contributed by atoms with Crippen molar-refractivity contribution in [2.75, 3.05) is 31.1 Å². The minimum atomic E-state index is -0.579. The molecule has 8 nitrogen and oxygen atoms in total. The summed E-state index contributed by atoms with van der Waals surface area (Å²) in [6, 6.07) is 13.5. The van der Waals surface area contributed by atoms with Crippen molar-refractivity contribution in [1.82, 2.24) is 15.2 Å². The molecule has 0 bridgehead atoms. The number of carbonyl (C=O) groups is 2. The van der Waals surface area contributed by atoms with Gasteiger partial charge in [-0.1, -0.05) is 47.5 Å². The molecule has 1 saturated heterocycles. The highest BCUT2D eigenvalue weighted by Gasteiger charge is 2.27. The highest BCUT2D eigenvalue weighted by molar-refractivity contribution is 6.34. The third-order valence-corrected chi connectivity index (χ3v) is 6.92. The zero-order valence-electron chi connectivity index (χ0n) is 23.8. The fourth-order valence-corrected chi connectivity index (χ4v) is 4.96. The number of carbonyl (C=O) groups excluding carboxylic acids is 2. The molecule has 214 valence electrons. The first kappa shape index (κ1) is 29.7. The lowest BCUT2D eigenvalue weighted by atomic mass is 10.0. The number of rotatable bonds is 4. The van der Waals surface area contributed by atoms with E-state index in [0.29, 0.717) is 42.0 Å². The summed E-state index contributed by atoms with van der Waals surface area (Å²) >= 11 is 13.5. The van der Waals surface area contributed by atoms with Crippen LogP contribution >= 0.6 is 23.2 Å². The van der Waals surface area contributed by atoms with E-state index in [2.05, 4.69) is 10.2 Å². The number of nitrogens with zero attached hydrogens (tertiary/aromatic N) is 3. The van der Waals surface area contributed by atoms with E-state index in [1.54, 1.807) is 4.90 Å². The highest BCUT2D eigenvalue weighted by Crippen LogP contribution is 2.35. The van der Waals surface area contributed by atoms with Crippen LogP contribution < -0.4 is 10.2 Å². The number of nitrogens with one attached hydrogen (secondary N) is 1. The van der Waals surface area contributed by atoms with Crippen molar-refractivity contribution < 1.29 is 19.1 Å². The molecule has 1 aliphatic rings. The number of pyridine rings is 1. The fourth-order valence-electron chi connectivity index (χ4n) is 4.38. The Morgan fingerprint density at radius 2 is 1.60 bits per heavy atom. The standard InChI is InChI=1S/C30H36Cl2N4O4/c1-29(2,3)39-27(37)33-18-20-8-7-9-22(25(20)32)19-10-11-24-21(16-19)17-23(31)26(34-24)35-12-14-36(15-13-35)28(38)40-30(4,5)6/h7-11,16-17H,12-15,18H2,1-6H3,(H,33,37). The van der Waals surface area contributed by atoms with Crippen molar-refractivity contribution in [2.24, 2.45) is 0 Å². The number of benzene rings is 2. The van der Waals surface area contributed by atoms with Gasteiger partial charge in [0.2, 0.25) is 0 Å². The molecule has 0 radical (unpaired) electrons. The van der Waals surface area contributed by atoms with Crippen LogP contribution in [0.1, 0.15) is 47.1 Å². The zero-order chi connectivity index (χ0) is 29.2. The molecule has 0 saturated carbocycles. The van der Waals surface area contributed by atoms with Gasteiger partial charge in [0.05, 0.1) is 15.6 Å². The molecule has 0 unspecified atom stereocenters. The van der Waals surface area contributed by atoms with Gasteiger partial charge in [-0.2, -0.15) is 0 Å². The predicted molar refractivity (Wildman–Crippen MR) is 160 cm³/mol. The number of aromatic nitrogens is 1. The van der Waals surface area contributed by atoms with Gasteiger partial charge in [0, 0.05) is 43.7 Å². The van der Waals surface area contributed by atoms with Crippen molar-refractivity contribution >= 4 is 52.1 Å². The van der Waals surface area contributed by atoms with E-state index in [4.69, 9.17) is 37.7 Å². The molecule has 2 heterocycles. The van der Waals surface area contributed by atoms with Crippen LogP contribution in [-0.2, 0) is 16.0 Å². The lowest BCUT2D eigenvalue weighted by molar-refractivity contribution is 0.0240. The van der Waals surface area contributed by atoms with Crippen molar-refractivity contribution in [2.45, 2.75) is 59.3 Å². The van der Waals surface area contributed by atoms with Crippen LogP contribution in [0.25, 0.3) is 22.0 Å². The number of fused-ring (bicyclic) bond motifs is 1. The van der Waals surface area contributed by atoms with Crippen molar-refractivity contribution in [1.29, 1.82) is 0 Å². The Hall–Kier alpha value is -3.23. The van der Waals surface area contributed by atoms with Crippen LogP contribution in [0.4, 0.5) is 15.4 Å². The maximum Gasteiger partial charge on any atom is 0.410 e. The van der Waals surface area contributed by atoms with Gasteiger partial charge in [0.25, 0.3) is 0 Å². The number of anilines is 1. The van der Waals surface area contributed by atoms with Crippen molar-refractivity contribution in [3.63, 3.8) is 0 Å². The maximum atomic E-state index is 12.4. The summed E-state index contributed by atoms with van der Waals surface area (Å²) in [5, 5.41) is 4.73. The average Bonchev–Trinajstić information content (AvgIpc) is 2.85. The van der Waals surface area contributed by atoms with Crippen LogP contribution in [0.15, 0.2) is 42.5 Å². The molecule has 40 heavy (non-hydrogen) atoms. The molecule has 10 heteroatoms. The quantitative estimate of drug-likeness (QED) is 0.345. The van der Waals surface area contributed by atoms with E-state index >= 15 is 0 Å². The monoisotopic (exact) mass is 586 g/mol. The van der Waals surface area contributed by atoms with Gasteiger partial charge < -0.3 is 24.6 Å². The van der Waals surface area contributed by atoms with Gasteiger partial charge in [-0.05, 0) is 70.9 Å². The Morgan fingerprint density at radius 1 is 0.925 bits per heavy atom. The smallest absolute Gasteiger partial charge is 0.410 e. The number of alkyl carbamates (subject to hydrolysis) is 1. The molecule has 0 spiro atoms. The minimum absolute atomic E-state index is 0.243. The Bertz CT molecular complexity index is 1410. The van der Waals surface area contributed by atoms with Crippen LogP contribution in [0, 0.1) is 0 Å². The molecule has 2 amide bonds. The molecule has 4 rings (SSSR count). The second-order valence-corrected chi connectivity index (χ2v) is 12.6. The molecular weight excluding hydrogens is 551 g/mol. The summed E-state index contributed by atoms with van der Waals surface area (Å²) < 4.78 is 10.8. The Morgan fingerprint density at radius 3 is 2.25 bits per heavy atom. The van der Waals surface area contributed by atoms with Crippen LogP contribution in [0.5, 0.6) is 0 Å². The lowest BCUT2D eigenvalue weighted by Crippen LogP contribution is -2.50. The molecule has 3 aromatic rings. The molecule has 1 aliphatic heterocycles. The van der Waals surface area contributed by atoms with Gasteiger partial charge in [-0.25, -0.2) is 14.6 Å². The molecular formula is C30H36Cl2N4O4. The van der Waals surface area contributed by atoms with Gasteiger partial charge in [-0.15, -0.1) is 0 Å². The van der Waals surface area contributed by atoms with E-state index in [0.717, 1.165) is 27.6 Å². The number of piperazine rings is 1. The number of amides is 2. The first-order valence-corrected chi connectivity index (χ1v) is 14.0. The average molecular weight is 588 g/mol. The van der Waals surface area contributed by atoms with E-state index in [1.165, 1.54) is 0 Å². The number of hydrogen-bond donors (Lipinski definition) is 1. The lowest BCUT2D eigenvalue weighted by Gasteiger charge is -2.36. The number of halogens is 2. The molecule has 0 atom stereocenters. The van der Waals surface area contributed by atoms with Gasteiger partial charge in [-0.3, -0.25) is 0 Å². The summed E-state index contributed by atoms with van der Waals surface area (Å²) in [6.45, 7) is 13.5. The normalized spacial score (nSPS) is 14.3. The first-order chi connectivity index (χ1) is 18.7. The van der Waals surface area contributed by atoms with E-state index < -0.39 is 17.3 Å². The molecule has 2 aromatic carbocycles. The first-order valence-electron chi connectivity index (χ1n) is 13.3.